The van der Waals surface area contributed by atoms with Crippen LogP contribution in [0.4, 0.5) is 5.69 Å². The maximum absolute atomic E-state index is 12.3. The Morgan fingerprint density at radius 2 is 2.22 bits per heavy atom. The van der Waals surface area contributed by atoms with Gasteiger partial charge in [-0.15, -0.1) is 16.4 Å². The molecule has 23 heavy (non-hydrogen) atoms. The number of H-pyrrole nitrogens is 1. The molecule has 0 unspecified atom stereocenters. The molecule has 7 heteroatoms. The minimum atomic E-state index is -0.289. The van der Waals surface area contributed by atoms with Gasteiger partial charge in [0.15, 0.2) is 5.82 Å². The van der Waals surface area contributed by atoms with Crippen molar-refractivity contribution in [1.29, 1.82) is 0 Å². The summed E-state index contributed by atoms with van der Waals surface area (Å²) in [6.07, 6.45) is 0. The zero-order chi connectivity index (χ0) is 16.2. The molecule has 1 atom stereocenters. The number of rotatable bonds is 5. The van der Waals surface area contributed by atoms with Gasteiger partial charge < -0.3 is 5.32 Å². The highest BCUT2D eigenvalue weighted by molar-refractivity contribution is 8.00. The first kappa shape index (κ1) is 15.8. The van der Waals surface area contributed by atoms with Gasteiger partial charge in [-0.25, -0.2) is 4.98 Å². The minimum Gasteiger partial charge on any atom is -0.325 e. The van der Waals surface area contributed by atoms with Crippen LogP contribution in [0.1, 0.15) is 12.5 Å². The number of hydrogen-bond donors (Lipinski definition) is 2. The van der Waals surface area contributed by atoms with Crippen LogP contribution in [0, 0.1) is 6.92 Å². The molecule has 1 amide bonds. The lowest BCUT2D eigenvalue weighted by molar-refractivity contribution is -0.115. The molecule has 118 valence electrons. The van der Waals surface area contributed by atoms with Crippen LogP contribution >= 0.6 is 23.1 Å². The van der Waals surface area contributed by atoms with E-state index in [0.29, 0.717) is 5.16 Å². The summed E-state index contributed by atoms with van der Waals surface area (Å²) in [5, 5.41) is 12.3. The number of hydrogen-bond acceptors (Lipinski definition) is 5. The standard InChI is InChI=1S/C16H16N4OS2/c1-10-5-3-6-12(9-10)17-15(21)11(2)23-16-18-14(19-20-16)13-7-4-8-22-13/h3-9,11H,1-2H3,(H,17,21)(H,18,19,20)/t11-/m1/s1. The predicted molar refractivity (Wildman–Crippen MR) is 94.8 cm³/mol. The van der Waals surface area contributed by atoms with E-state index in [1.165, 1.54) is 11.8 Å². The summed E-state index contributed by atoms with van der Waals surface area (Å²) in [5.74, 6) is 0.664. The number of anilines is 1. The van der Waals surface area contributed by atoms with E-state index in [0.717, 1.165) is 22.0 Å². The molecule has 0 bridgehead atoms. The smallest absolute Gasteiger partial charge is 0.237 e. The molecule has 0 aliphatic carbocycles. The van der Waals surface area contributed by atoms with Crippen LogP contribution in [0.2, 0.25) is 0 Å². The third-order valence-electron chi connectivity index (χ3n) is 3.16. The molecule has 2 N–H and O–H groups in total. The Morgan fingerprint density at radius 1 is 1.35 bits per heavy atom. The molecule has 0 spiro atoms. The van der Waals surface area contributed by atoms with Gasteiger partial charge in [-0.1, -0.05) is 30.0 Å². The lowest BCUT2D eigenvalue weighted by Gasteiger charge is -2.10. The maximum atomic E-state index is 12.3. The number of thioether (sulfide) groups is 1. The Morgan fingerprint density at radius 3 is 2.96 bits per heavy atom. The van der Waals surface area contributed by atoms with Crippen molar-refractivity contribution in [3.05, 3.63) is 47.3 Å². The molecule has 0 fully saturated rings. The normalized spacial score (nSPS) is 12.1. The lowest BCUT2D eigenvalue weighted by Crippen LogP contribution is -2.22. The number of carbonyl (C=O) groups excluding carboxylic acids is 1. The van der Waals surface area contributed by atoms with Gasteiger partial charge in [0.05, 0.1) is 10.1 Å². The Kier molecular flexibility index (Phi) is 4.78. The Labute approximate surface area is 142 Å². The average molecular weight is 344 g/mol. The molecule has 2 aromatic heterocycles. The zero-order valence-corrected chi connectivity index (χ0v) is 14.4. The van der Waals surface area contributed by atoms with Gasteiger partial charge >= 0.3 is 0 Å². The molecule has 0 aliphatic heterocycles. The van der Waals surface area contributed by atoms with Gasteiger partial charge in [0, 0.05) is 5.69 Å². The summed E-state index contributed by atoms with van der Waals surface area (Å²) in [6.45, 7) is 3.84. The summed E-state index contributed by atoms with van der Waals surface area (Å²) in [7, 11) is 0. The molecule has 0 saturated heterocycles. The first-order valence-corrected chi connectivity index (χ1v) is 8.88. The van der Waals surface area contributed by atoms with Gasteiger partial charge in [0.25, 0.3) is 0 Å². The number of benzene rings is 1. The lowest BCUT2D eigenvalue weighted by atomic mass is 10.2. The molecule has 0 saturated carbocycles. The van der Waals surface area contributed by atoms with Crippen LogP contribution in [0.5, 0.6) is 0 Å². The number of amides is 1. The molecule has 3 aromatic rings. The highest BCUT2D eigenvalue weighted by atomic mass is 32.2. The first-order valence-electron chi connectivity index (χ1n) is 7.12. The molecule has 5 nitrogen and oxygen atoms in total. The van der Waals surface area contributed by atoms with Gasteiger partial charge in [-0.3, -0.25) is 9.89 Å². The zero-order valence-electron chi connectivity index (χ0n) is 12.7. The molecule has 2 heterocycles. The van der Waals surface area contributed by atoms with E-state index in [-0.39, 0.29) is 11.2 Å². The molecule has 1 aromatic carbocycles. The summed E-state index contributed by atoms with van der Waals surface area (Å²) >= 11 is 2.93. The van der Waals surface area contributed by atoms with E-state index in [1.807, 2.05) is 55.6 Å². The number of aromatic nitrogens is 3. The van der Waals surface area contributed by atoms with Crippen LogP contribution in [0.25, 0.3) is 10.7 Å². The number of aromatic amines is 1. The SMILES string of the molecule is Cc1cccc(NC(=O)[C@@H](C)Sc2n[nH]c(-c3cccs3)n2)c1. The monoisotopic (exact) mass is 344 g/mol. The number of aryl methyl sites for hydroxylation is 1. The van der Waals surface area contributed by atoms with Crippen molar-refractivity contribution in [1.82, 2.24) is 15.2 Å². The van der Waals surface area contributed by atoms with Crippen LogP contribution in [-0.2, 0) is 4.79 Å². The number of nitrogens with one attached hydrogen (secondary N) is 2. The Balaban J connectivity index is 1.62. The van der Waals surface area contributed by atoms with Gasteiger partial charge in [0.1, 0.15) is 0 Å². The van der Waals surface area contributed by atoms with Crippen LogP contribution in [-0.4, -0.2) is 26.3 Å². The summed E-state index contributed by atoms with van der Waals surface area (Å²) in [6, 6.07) is 11.7. The largest absolute Gasteiger partial charge is 0.325 e. The number of carbonyl (C=O) groups is 1. The van der Waals surface area contributed by atoms with Crippen molar-refractivity contribution in [2.45, 2.75) is 24.3 Å². The number of nitrogens with zero attached hydrogens (tertiary/aromatic N) is 2. The van der Waals surface area contributed by atoms with Gasteiger partial charge in [-0.05, 0) is 43.0 Å². The van der Waals surface area contributed by atoms with E-state index in [9.17, 15) is 4.79 Å². The third kappa shape index (κ3) is 4.00. The molecular weight excluding hydrogens is 328 g/mol. The van der Waals surface area contributed by atoms with E-state index < -0.39 is 0 Å². The number of thiophene rings is 1. The van der Waals surface area contributed by atoms with Crippen molar-refractivity contribution in [2.24, 2.45) is 0 Å². The predicted octanol–water partition coefficient (Wildman–Crippen LogP) is 3.96. The molecular formula is C16H16N4OS2. The van der Waals surface area contributed by atoms with Crippen molar-refractivity contribution in [2.75, 3.05) is 5.32 Å². The Hall–Kier alpha value is -2.12. The fourth-order valence-electron chi connectivity index (χ4n) is 2.00. The summed E-state index contributed by atoms with van der Waals surface area (Å²) in [4.78, 5) is 17.7. The van der Waals surface area contributed by atoms with Crippen molar-refractivity contribution in [3.8, 4) is 10.7 Å². The second-order valence-electron chi connectivity index (χ2n) is 5.06. The highest BCUT2D eigenvalue weighted by Gasteiger charge is 2.17. The maximum Gasteiger partial charge on any atom is 0.237 e. The van der Waals surface area contributed by atoms with Crippen LogP contribution in [0.15, 0.2) is 46.9 Å². The summed E-state index contributed by atoms with van der Waals surface area (Å²) < 4.78 is 0. The molecule has 0 aliphatic rings. The van der Waals surface area contributed by atoms with Crippen molar-refractivity contribution >= 4 is 34.7 Å². The van der Waals surface area contributed by atoms with Crippen LogP contribution in [0.3, 0.4) is 0 Å². The molecule has 0 radical (unpaired) electrons. The Bertz CT molecular complexity index is 798. The first-order chi connectivity index (χ1) is 11.1. The van der Waals surface area contributed by atoms with Gasteiger partial charge in [0.2, 0.25) is 11.1 Å². The van der Waals surface area contributed by atoms with Crippen molar-refractivity contribution in [3.63, 3.8) is 0 Å². The second kappa shape index (κ2) is 6.97. The highest BCUT2D eigenvalue weighted by Crippen LogP contribution is 2.25. The van der Waals surface area contributed by atoms with E-state index in [1.54, 1.807) is 11.3 Å². The molecule has 3 rings (SSSR count). The minimum absolute atomic E-state index is 0.0666. The van der Waals surface area contributed by atoms with E-state index >= 15 is 0 Å². The third-order valence-corrected chi connectivity index (χ3v) is 4.99. The van der Waals surface area contributed by atoms with E-state index in [2.05, 4.69) is 20.5 Å². The fourth-order valence-corrected chi connectivity index (χ4v) is 3.39. The topological polar surface area (TPSA) is 70.7 Å². The average Bonchev–Trinajstić information content (AvgIpc) is 3.17. The second-order valence-corrected chi connectivity index (χ2v) is 7.32. The quantitative estimate of drug-likeness (QED) is 0.687. The van der Waals surface area contributed by atoms with Crippen LogP contribution < -0.4 is 5.32 Å². The fraction of sp³-hybridized carbons (Fsp3) is 0.188. The summed E-state index contributed by atoms with van der Waals surface area (Å²) in [5.41, 5.74) is 1.91. The van der Waals surface area contributed by atoms with Gasteiger partial charge in [-0.2, -0.15) is 0 Å². The van der Waals surface area contributed by atoms with E-state index in [4.69, 9.17) is 0 Å². The van der Waals surface area contributed by atoms with Crippen molar-refractivity contribution < 1.29 is 4.79 Å².